The minimum absolute atomic E-state index is 0.00596. The lowest BCUT2D eigenvalue weighted by atomic mass is 9.49. The lowest BCUT2D eigenvalue weighted by Crippen LogP contribution is -2.61. The molecule has 2 heterocycles. The molecule has 44 heavy (non-hydrogen) atoms. The summed E-state index contributed by atoms with van der Waals surface area (Å²) in [5.41, 5.74) is -0.0523. The number of carbonyl (C=O) groups is 3. The third-order valence-electron chi connectivity index (χ3n) is 12.7. The van der Waals surface area contributed by atoms with Crippen molar-refractivity contribution < 1.29 is 23.9 Å². The summed E-state index contributed by atoms with van der Waals surface area (Å²) in [6.45, 7) is 5.51. The largest absolute Gasteiger partial charge is 0.468 e. The Morgan fingerprint density at radius 3 is 2.25 bits per heavy atom. The van der Waals surface area contributed by atoms with Gasteiger partial charge in [-0.3, -0.25) is 14.4 Å². The third-order valence-corrected chi connectivity index (χ3v) is 12.7. The molecule has 0 radical (unpaired) electrons. The monoisotopic (exact) mass is 610 g/mol. The minimum Gasteiger partial charge on any atom is -0.468 e. The molecule has 0 aromatic rings. The van der Waals surface area contributed by atoms with E-state index in [9.17, 15) is 14.4 Å². The number of nitrogens with one attached hydrogen (secondary N) is 1. The SMILES string of the molecule is CCCCCCCCN1C(=O)[C@@H](CC(=O)NCC23CC4CC(CC(C4)C2)C3)C[C@@]2(C(=O)OC)C1=C[C@H](C1CCCC1)O[C@@H]2C. The van der Waals surface area contributed by atoms with Crippen LogP contribution in [0.4, 0.5) is 0 Å². The van der Waals surface area contributed by atoms with Crippen LogP contribution in [0.1, 0.15) is 129 Å². The van der Waals surface area contributed by atoms with Crippen LogP contribution in [-0.4, -0.2) is 55.1 Å². The molecule has 7 aliphatic rings. The first-order chi connectivity index (χ1) is 21.3. The molecule has 6 fully saturated rings. The number of unbranched alkanes of at least 4 members (excludes halogenated alkanes) is 5. The molecular weight excluding hydrogens is 552 g/mol. The van der Waals surface area contributed by atoms with Gasteiger partial charge in [0.05, 0.1) is 19.3 Å². The Morgan fingerprint density at radius 2 is 1.61 bits per heavy atom. The number of carbonyl (C=O) groups excluding carboxylic acids is 3. The van der Waals surface area contributed by atoms with Crippen LogP contribution >= 0.6 is 0 Å². The Morgan fingerprint density at radius 1 is 0.977 bits per heavy atom. The second-order valence-electron chi connectivity index (χ2n) is 15.9. The van der Waals surface area contributed by atoms with Gasteiger partial charge in [0.15, 0.2) is 0 Å². The van der Waals surface area contributed by atoms with E-state index in [-0.39, 0.29) is 42.1 Å². The number of amides is 2. The van der Waals surface area contributed by atoms with Crippen LogP contribution < -0.4 is 5.32 Å². The molecular formula is C37H58N2O5. The first-order valence-corrected chi connectivity index (χ1v) is 18.3. The van der Waals surface area contributed by atoms with Crippen LogP contribution in [0.15, 0.2) is 11.8 Å². The number of nitrogens with zero attached hydrogens (tertiary/aromatic N) is 1. The summed E-state index contributed by atoms with van der Waals surface area (Å²) in [5, 5.41) is 3.31. The molecule has 1 N–H and O–H groups in total. The van der Waals surface area contributed by atoms with Gasteiger partial charge in [0.25, 0.3) is 0 Å². The predicted octanol–water partition coefficient (Wildman–Crippen LogP) is 6.94. The Hall–Kier alpha value is -1.89. The summed E-state index contributed by atoms with van der Waals surface area (Å²) in [6.07, 6.45) is 21.2. The van der Waals surface area contributed by atoms with Crippen molar-refractivity contribution >= 4 is 17.8 Å². The average Bonchev–Trinajstić information content (AvgIpc) is 3.54. The molecule has 2 amide bonds. The third kappa shape index (κ3) is 6.25. The maximum atomic E-state index is 14.3. The quantitative estimate of drug-likeness (QED) is 0.180. The highest BCUT2D eigenvalue weighted by Crippen LogP contribution is 2.60. The first kappa shape index (κ1) is 32.1. The fourth-order valence-electron chi connectivity index (χ4n) is 10.9. The van der Waals surface area contributed by atoms with Gasteiger partial charge < -0.3 is 19.7 Å². The molecule has 0 aromatic heterocycles. The maximum absolute atomic E-state index is 14.3. The smallest absolute Gasteiger partial charge is 0.320 e. The highest BCUT2D eigenvalue weighted by molar-refractivity contribution is 5.92. The highest BCUT2D eigenvalue weighted by atomic mass is 16.5. The molecule has 5 saturated carbocycles. The standard InChI is InChI=1S/C37H58N2O5/c1-4-5-6-7-8-11-14-39-32-19-31(29-12-9-10-13-29)44-25(2)37(32,35(42)43-3)23-30(34(39)41)18-33(40)38-24-36-20-26-15-27(21-36)17-28(16-26)22-36/h19,25-31H,4-18,20-24H2,1-3H3,(H,38,40)/t25-,26?,27?,28?,30+,31-,36?,37+/m1/s1. The normalized spacial score (nSPS) is 38.0. The number of methoxy groups -OCH3 is 1. The second kappa shape index (κ2) is 13.5. The molecule has 5 aliphatic carbocycles. The zero-order valence-corrected chi connectivity index (χ0v) is 27.7. The van der Waals surface area contributed by atoms with E-state index in [2.05, 4.69) is 18.3 Å². The second-order valence-corrected chi connectivity index (χ2v) is 15.9. The number of likely N-dealkylation sites (tertiary alicyclic amines) is 1. The van der Waals surface area contributed by atoms with Gasteiger partial charge in [-0.2, -0.15) is 0 Å². The predicted molar refractivity (Wildman–Crippen MR) is 170 cm³/mol. The zero-order chi connectivity index (χ0) is 30.9. The lowest BCUT2D eigenvalue weighted by molar-refractivity contribution is -0.177. The summed E-state index contributed by atoms with van der Waals surface area (Å²) in [6, 6.07) is 0. The number of hydrogen-bond donors (Lipinski definition) is 1. The molecule has 4 atom stereocenters. The van der Waals surface area contributed by atoms with Gasteiger partial charge in [-0.1, -0.05) is 51.9 Å². The van der Waals surface area contributed by atoms with Crippen molar-refractivity contribution in [2.75, 3.05) is 20.2 Å². The first-order valence-electron chi connectivity index (χ1n) is 18.3. The number of rotatable bonds is 13. The Labute approximate surface area is 265 Å². The van der Waals surface area contributed by atoms with Crippen molar-refractivity contribution in [3.05, 3.63) is 11.8 Å². The minimum atomic E-state index is -1.08. The summed E-state index contributed by atoms with van der Waals surface area (Å²) in [5.74, 6) is 1.93. The summed E-state index contributed by atoms with van der Waals surface area (Å²) >= 11 is 0. The Bertz CT molecular complexity index is 1060. The molecule has 0 unspecified atom stereocenters. The molecule has 1 saturated heterocycles. The molecule has 7 nitrogen and oxygen atoms in total. The molecule has 2 aliphatic heterocycles. The lowest BCUT2D eigenvalue weighted by Gasteiger charge is -2.57. The van der Waals surface area contributed by atoms with Gasteiger partial charge in [-0.05, 0) is 106 Å². The molecule has 7 rings (SSSR count). The fraction of sp³-hybridized carbons (Fsp3) is 0.865. The van der Waals surface area contributed by atoms with Crippen molar-refractivity contribution in [2.24, 2.45) is 40.4 Å². The van der Waals surface area contributed by atoms with E-state index in [0.717, 1.165) is 62.1 Å². The van der Waals surface area contributed by atoms with Crippen molar-refractivity contribution in [1.82, 2.24) is 10.2 Å². The van der Waals surface area contributed by atoms with Gasteiger partial charge >= 0.3 is 5.97 Å². The number of fused-ring (bicyclic) bond motifs is 1. The molecule has 0 aromatic carbocycles. The van der Waals surface area contributed by atoms with Crippen LogP contribution in [0.2, 0.25) is 0 Å². The van der Waals surface area contributed by atoms with E-state index in [0.29, 0.717) is 12.5 Å². The van der Waals surface area contributed by atoms with E-state index in [1.54, 1.807) is 0 Å². The summed E-state index contributed by atoms with van der Waals surface area (Å²) < 4.78 is 12.1. The van der Waals surface area contributed by atoms with Gasteiger partial charge in [-0.15, -0.1) is 0 Å². The number of esters is 1. The van der Waals surface area contributed by atoms with Gasteiger partial charge in [0.1, 0.15) is 5.41 Å². The molecule has 7 heteroatoms. The van der Waals surface area contributed by atoms with E-state index in [4.69, 9.17) is 9.47 Å². The summed E-state index contributed by atoms with van der Waals surface area (Å²) in [7, 11) is 1.44. The van der Waals surface area contributed by atoms with Crippen LogP contribution in [-0.2, 0) is 23.9 Å². The Kier molecular flexibility index (Phi) is 9.81. The van der Waals surface area contributed by atoms with Crippen LogP contribution in [0.25, 0.3) is 0 Å². The topological polar surface area (TPSA) is 84.9 Å². The van der Waals surface area contributed by atoms with E-state index in [1.165, 1.54) is 77.7 Å². The van der Waals surface area contributed by atoms with Crippen molar-refractivity contribution in [1.29, 1.82) is 0 Å². The van der Waals surface area contributed by atoms with Gasteiger partial charge in [0.2, 0.25) is 11.8 Å². The Balaban J connectivity index is 1.20. The van der Waals surface area contributed by atoms with Gasteiger partial charge in [-0.25, -0.2) is 0 Å². The van der Waals surface area contributed by atoms with Crippen molar-refractivity contribution in [3.63, 3.8) is 0 Å². The molecule has 0 spiro atoms. The van der Waals surface area contributed by atoms with E-state index >= 15 is 0 Å². The summed E-state index contributed by atoms with van der Waals surface area (Å²) in [4.78, 5) is 43.6. The molecule has 4 bridgehead atoms. The van der Waals surface area contributed by atoms with E-state index < -0.39 is 17.4 Å². The van der Waals surface area contributed by atoms with Crippen molar-refractivity contribution in [3.8, 4) is 0 Å². The van der Waals surface area contributed by atoms with Crippen molar-refractivity contribution in [2.45, 2.75) is 142 Å². The number of hydrogen-bond acceptors (Lipinski definition) is 5. The fourth-order valence-corrected chi connectivity index (χ4v) is 10.9. The van der Waals surface area contributed by atoms with Crippen LogP contribution in [0, 0.1) is 40.4 Å². The van der Waals surface area contributed by atoms with Crippen LogP contribution in [0.5, 0.6) is 0 Å². The maximum Gasteiger partial charge on any atom is 0.320 e. The van der Waals surface area contributed by atoms with E-state index in [1.807, 2.05) is 11.8 Å². The van der Waals surface area contributed by atoms with Gasteiger partial charge in [0, 0.05) is 31.1 Å². The average molecular weight is 611 g/mol. The number of piperidine rings is 1. The highest BCUT2D eigenvalue weighted by Gasteiger charge is 2.60. The number of ether oxygens (including phenoxy) is 2. The zero-order valence-electron chi connectivity index (χ0n) is 27.7. The van der Waals surface area contributed by atoms with Crippen LogP contribution in [0.3, 0.4) is 0 Å². The molecule has 246 valence electrons.